The second-order valence-corrected chi connectivity index (χ2v) is 6.71. The van der Waals surface area contributed by atoms with E-state index in [2.05, 4.69) is 0 Å². The number of methoxy groups -OCH3 is 1. The molecule has 1 unspecified atom stereocenters. The van der Waals surface area contributed by atoms with Crippen LogP contribution in [0.5, 0.6) is 0 Å². The monoisotopic (exact) mass is 372 g/mol. The minimum atomic E-state index is -0.963. The van der Waals surface area contributed by atoms with Gasteiger partial charge >= 0.3 is 0 Å². The number of aliphatic hydroxyl groups is 1. The first-order chi connectivity index (χ1) is 13.3. The Bertz CT molecular complexity index is 709. The highest BCUT2D eigenvalue weighted by Crippen LogP contribution is 2.35. The first kappa shape index (κ1) is 18.6. The lowest BCUT2D eigenvalue weighted by atomic mass is 9.97. The van der Waals surface area contributed by atoms with E-state index in [1.807, 2.05) is 60.7 Å². The molecule has 2 heterocycles. The van der Waals surface area contributed by atoms with Crippen molar-refractivity contribution >= 4 is 0 Å². The third kappa shape index (κ3) is 4.06. The van der Waals surface area contributed by atoms with E-state index in [1.54, 1.807) is 0 Å². The summed E-state index contributed by atoms with van der Waals surface area (Å²) in [7, 11) is 1.50. The van der Waals surface area contributed by atoms with Gasteiger partial charge in [-0.25, -0.2) is 0 Å². The summed E-state index contributed by atoms with van der Waals surface area (Å²) in [4.78, 5) is 0. The van der Waals surface area contributed by atoms with Crippen LogP contribution in [0, 0.1) is 0 Å². The number of ether oxygens (including phenoxy) is 5. The number of fused-ring (bicyclic) bond motifs is 1. The third-order valence-electron chi connectivity index (χ3n) is 4.90. The number of aliphatic hydroxyl groups excluding tert-OH is 1. The van der Waals surface area contributed by atoms with Crippen LogP contribution >= 0.6 is 0 Å². The number of rotatable bonds is 5. The lowest BCUT2D eigenvalue weighted by Crippen LogP contribution is -2.62. The molecule has 144 valence electrons. The summed E-state index contributed by atoms with van der Waals surface area (Å²) in [6.45, 7) is 0.699. The minimum Gasteiger partial charge on any atom is -0.385 e. The summed E-state index contributed by atoms with van der Waals surface area (Å²) in [5.41, 5.74) is 1.94. The lowest BCUT2D eigenvalue weighted by molar-refractivity contribution is -0.363. The van der Waals surface area contributed by atoms with Crippen molar-refractivity contribution in [1.82, 2.24) is 0 Å². The van der Waals surface area contributed by atoms with Gasteiger partial charge in [-0.2, -0.15) is 0 Å². The molecule has 0 saturated carbocycles. The molecule has 6 nitrogen and oxygen atoms in total. The van der Waals surface area contributed by atoms with Crippen molar-refractivity contribution in [1.29, 1.82) is 0 Å². The molecule has 4 rings (SSSR count). The fourth-order valence-corrected chi connectivity index (χ4v) is 3.49. The average molecular weight is 372 g/mol. The summed E-state index contributed by atoms with van der Waals surface area (Å²) in [6, 6.07) is 19.5. The van der Waals surface area contributed by atoms with Gasteiger partial charge in [-0.15, -0.1) is 0 Å². The molecule has 27 heavy (non-hydrogen) atoms. The van der Waals surface area contributed by atoms with Crippen LogP contribution in [0.3, 0.4) is 0 Å². The Morgan fingerprint density at radius 2 is 1.70 bits per heavy atom. The van der Waals surface area contributed by atoms with Gasteiger partial charge in [0, 0.05) is 12.7 Å². The van der Waals surface area contributed by atoms with E-state index in [0.29, 0.717) is 13.2 Å². The van der Waals surface area contributed by atoms with Crippen LogP contribution in [-0.2, 0) is 30.3 Å². The van der Waals surface area contributed by atoms with Gasteiger partial charge in [0.25, 0.3) is 0 Å². The van der Waals surface area contributed by atoms with Crippen LogP contribution in [0.1, 0.15) is 17.4 Å². The van der Waals surface area contributed by atoms with Crippen molar-refractivity contribution in [2.24, 2.45) is 0 Å². The van der Waals surface area contributed by atoms with Gasteiger partial charge < -0.3 is 28.8 Å². The number of benzene rings is 2. The van der Waals surface area contributed by atoms with Gasteiger partial charge in [-0.1, -0.05) is 60.7 Å². The highest BCUT2D eigenvalue weighted by Gasteiger charge is 2.50. The number of hydrogen-bond donors (Lipinski definition) is 1. The summed E-state index contributed by atoms with van der Waals surface area (Å²) in [5, 5.41) is 10.7. The van der Waals surface area contributed by atoms with Gasteiger partial charge in [0.05, 0.1) is 13.2 Å². The Balaban J connectivity index is 1.51. The van der Waals surface area contributed by atoms with Crippen LogP contribution < -0.4 is 0 Å². The van der Waals surface area contributed by atoms with E-state index < -0.39 is 30.9 Å². The Labute approximate surface area is 158 Å². The van der Waals surface area contributed by atoms with E-state index in [9.17, 15) is 5.11 Å². The minimum absolute atomic E-state index is 0.335. The van der Waals surface area contributed by atoms with E-state index in [4.69, 9.17) is 23.7 Å². The predicted molar refractivity (Wildman–Crippen MR) is 96.7 cm³/mol. The molecule has 0 aromatic heterocycles. The van der Waals surface area contributed by atoms with Gasteiger partial charge in [0.15, 0.2) is 12.6 Å². The van der Waals surface area contributed by atoms with Crippen molar-refractivity contribution in [2.45, 2.75) is 43.6 Å². The van der Waals surface area contributed by atoms with E-state index in [0.717, 1.165) is 11.1 Å². The summed E-state index contributed by atoms with van der Waals surface area (Å²) in [5.74, 6) is 0. The molecule has 2 saturated heterocycles. The quantitative estimate of drug-likeness (QED) is 0.870. The van der Waals surface area contributed by atoms with Crippen molar-refractivity contribution in [3.8, 4) is 0 Å². The molecule has 2 aliphatic rings. The zero-order valence-corrected chi connectivity index (χ0v) is 15.1. The van der Waals surface area contributed by atoms with Gasteiger partial charge in [-0.05, 0) is 5.56 Å². The number of hydrogen-bond acceptors (Lipinski definition) is 6. The molecule has 0 aliphatic carbocycles. The SMILES string of the molecule is CO[C@H]1O[C@@H]2COC(c3ccccc3)O[C@H]2[C@H](OCc2ccccc2)[C@@H]1O. The van der Waals surface area contributed by atoms with Gasteiger partial charge in [0.2, 0.25) is 0 Å². The van der Waals surface area contributed by atoms with Gasteiger partial charge in [0.1, 0.15) is 24.4 Å². The second-order valence-electron chi connectivity index (χ2n) is 6.71. The zero-order chi connectivity index (χ0) is 18.6. The van der Waals surface area contributed by atoms with Crippen LogP contribution in [0.2, 0.25) is 0 Å². The Hall–Kier alpha value is -1.80. The fourth-order valence-electron chi connectivity index (χ4n) is 3.49. The highest BCUT2D eigenvalue weighted by atomic mass is 16.8. The first-order valence-electron chi connectivity index (χ1n) is 9.10. The molecule has 0 amide bonds. The Kier molecular flexibility index (Phi) is 5.83. The normalized spacial score (nSPS) is 33.4. The van der Waals surface area contributed by atoms with E-state index in [-0.39, 0.29) is 6.10 Å². The molecule has 0 spiro atoms. The second kappa shape index (κ2) is 8.48. The third-order valence-corrected chi connectivity index (χ3v) is 4.90. The van der Waals surface area contributed by atoms with Crippen LogP contribution in [0.25, 0.3) is 0 Å². The standard InChI is InChI=1S/C21H24O6/c1-23-21-17(22)19(24-12-14-8-4-2-5-9-14)18-16(26-21)13-25-20(27-18)15-10-6-3-7-11-15/h2-11,16-22H,12-13H2,1H3/t16-,17+,18-,19-,20?,21+/m1/s1. The molecular weight excluding hydrogens is 348 g/mol. The van der Waals surface area contributed by atoms with E-state index >= 15 is 0 Å². The zero-order valence-electron chi connectivity index (χ0n) is 15.1. The van der Waals surface area contributed by atoms with Crippen LogP contribution in [0.4, 0.5) is 0 Å². The van der Waals surface area contributed by atoms with E-state index in [1.165, 1.54) is 7.11 Å². The lowest BCUT2D eigenvalue weighted by Gasteiger charge is -2.47. The largest absolute Gasteiger partial charge is 0.385 e. The maximum Gasteiger partial charge on any atom is 0.186 e. The Morgan fingerprint density at radius 1 is 1.00 bits per heavy atom. The van der Waals surface area contributed by atoms with Crippen molar-refractivity contribution in [3.05, 3.63) is 71.8 Å². The molecule has 0 radical (unpaired) electrons. The molecule has 0 bridgehead atoms. The molecule has 2 fully saturated rings. The van der Waals surface area contributed by atoms with Crippen LogP contribution in [-0.4, -0.2) is 49.5 Å². The Morgan fingerprint density at radius 3 is 2.41 bits per heavy atom. The maximum absolute atomic E-state index is 10.7. The van der Waals surface area contributed by atoms with Crippen molar-refractivity contribution in [3.63, 3.8) is 0 Å². The molecule has 6 heteroatoms. The molecule has 2 aromatic carbocycles. The van der Waals surface area contributed by atoms with Crippen molar-refractivity contribution in [2.75, 3.05) is 13.7 Å². The molecule has 2 aliphatic heterocycles. The fraction of sp³-hybridized carbons (Fsp3) is 0.429. The maximum atomic E-state index is 10.7. The average Bonchev–Trinajstić information content (AvgIpc) is 2.74. The topological polar surface area (TPSA) is 66.4 Å². The van der Waals surface area contributed by atoms with Crippen molar-refractivity contribution < 1.29 is 28.8 Å². The smallest absolute Gasteiger partial charge is 0.186 e. The van der Waals surface area contributed by atoms with Gasteiger partial charge in [-0.3, -0.25) is 0 Å². The molecular formula is C21H24O6. The molecule has 6 atom stereocenters. The predicted octanol–water partition coefficient (Wildman–Crippen LogP) is 2.42. The first-order valence-corrected chi connectivity index (χ1v) is 9.10. The summed E-state index contributed by atoms with van der Waals surface area (Å²) in [6.07, 6.45) is -3.70. The molecule has 2 aromatic rings. The summed E-state index contributed by atoms with van der Waals surface area (Å²) >= 11 is 0. The van der Waals surface area contributed by atoms with Crippen LogP contribution in [0.15, 0.2) is 60.7 Å². The highest BCUT2D eigenvalue weighted by molar-refractivity contribution is 5.17. The summed E-state index contributed by atoms with van der Waals surface area (Å²) < 4.78 is 29.2. The molecule has 1 N–H and O–H groups in total.